The van der Waals surface area contributed by atoms with Crippen LogP contribution < -0.4 is 4.90 Å². The Kier molecular flexibility index (Phi) is 5.16. The lowest BCUT2D eigenvalue weighted by Gasteiger charge is -2.35. The quantitative estimate of drug-likeness (QED) is 0.792. The zero-order valence-corrected chi connectivity index (χ0v) is 14.5. The molecule has 3 rings (SSSR count). The number of hydrogen-bond donors (Lipinski definition) is 0. The lowest BCUT2D eigenvalue weighted by molar-refractivity contribution is 0.101. The highest BCUT2D eigenvalue weighted by Crippen LogP contribution is 2.20. The second-order valence-electron chi connectivity index (χ2n) is 6.29. The SMILES string of the molecule is CC(=O)c1ccc(N2CCN(C/C=C/c3ccccc3)CC2)n1C. The van der Waals surface area contributed by atoms with Gasteiger partial charge in [-0.3, -0.25) is 9.69 Å². The second kappa shape index (κ2) is 7.49. The molecule has 4 nitrogen and oxygen atoms in total. The van der Waals surface area contributed by atoms with Crippen LogP contribution in [0.4, 0.5) is 5.82 Å². The predicted octanol–water partition coefficient (Wildman–Crippen LogP) is 3.06. The summed E-state index contributed by atoms with van der Waals surface area (Å²) in [4.78, 5) is 16.4. The summed E-state index contributed by atoms with van der Waals surface area (Å²) in [6, 6.07) is 14.4. The lowest BCUT2D eigenvalue weighted by Crippen LogP contribution is -2.46. The summed E-state index contributed by atoms with van der Waals surface area (Å²) >= 11 is 0. The molecule has 1 aliphatic heterocycles. The third-order valence-electron chi connectivity index (χ3n) is 4.63. The van der Waals surface area contributed by atoms with Gasteiger partial charge in [-0.05, 0) is 17.7 Å². The Morgan fingerprint density at radius 2 is 1.75 bits per heavy atom. The third-order valence-corrected chi connectivity index (χ3v) is 4.63. The summed E-state index contributed by atoms with van der Waals surface area (Å²) in [5.41, 5.74) is 2.02. The van der Waals surface area contributed by atoms with Gasteiger partial charge >= 0.3 is 0 Å². The predicted molar refractivity (Wildman–Crippen MR) is 99.5 cm³/mol. The van der Waals surface area contributed by atoms with Crippen LogP contribution >= 0.6 is 0 Å². The molecule has 1 fully saturated rings. The minimum absolute atomic E-state index is 0.119. The summed E-state index contributed by atoms with van der Waals surface area (Å²) in [6.07, 6.45) is 4.42. The Hall–Kier alpha value is -2.33. The van der Waals surface area contributed by atoms with Crippen molar-refractivity contribution in [3.05, 3.63) is 59.8 Å². The molecular weight excluding hydrogens is 298 g/mol. The summed E-state index contributed by atoms with van der Waals surface area (Å²) < 4.78 is 2.01. The molecule has 2 aromatic rings. The van der Waals surface area contributed by atoms with E-state index in [1.165, 1.54) is 5.56 Å². The Balaban J connectivity index is 1.53. The zero-order valence-electron chi connectivity index (χ0n) is 14.5. The molecular formula is C20H25N3O. The number of anilines is 1. The van der Waals surface area contributed by atoms with Crippen molar-refractivity contribution in [2.75, 3.05) is 37.6 Å². The van der Waals surface area contributed by atoms with Crippen LogP contribution in [0.1, 0.15) is 23.0 Å². The number of nitrogens with zero attached hydrogens (tertiary/aromatic N) is 3. The number of carbonyl (C=O) groups excluding carboxylic acids is 1. The largest absolute Gasteiger partial charge is 0.355 e. The van der Waals surface area contributed by atoms with Crippen LogP contribution in [-0.4, -0.2) is 48.0 Å². The first kappa shape index (κ1) is 16.5. The maximum Gasteiger partial charge on any atom is 0.176 e. The average molecular weight is 323 g/mol. The molecule has 0 spiro atoms. The molecule has 0 atom stereocenters. The highest BCUT2D eigenvalue weighted by atomic mass is 16.1. The van der Waals surface area contributed by atoms with E-state index in [-0.39, 0.29) is 5.78 Å². The van der Waals surface area contributed by atoms with Crippen LogP contribution in [0.3, 0.4) is 0 Å². The number of piperazine rings is 1. The smallest absolute Gasteiger partial charge is 0.176 e. The molecule has 24 heavy (non-hydrogen) atoms. The van der Waals surface area contributed by atoms with Crippen molar-refractivity contribution >= 4 is 17.7 Å². The highest BCUT2D eigenvalue weighted by molar-refractivity contribution is 5.93. The lowest BCUT2D eigenvalue weighted by atomic mass is 10.2. The van der Waals surface area contributed by atoms with Crippen molar-refractivity contribution in [3.63, 3.8) is 0 Å². The maximum atomic E-state index is 11.6. The number of hydrogen-bond acceptors (Lipinski definition) is 3. The number of aromatic nitrogens is 1. The number of rotatable bonds is 5. The average Bonchev–Trinajstić information content (AvgIpc) is 2.98. The molecule has 0 radical (unpaired) electrons. The van der Waals surface area contributed by atoms with Crippen LogP contribution in [0.15, 0.2) is 48.5 Å². The second-order valence-corrected chi connectivity index (χ2v) is 6.29. The van der Waals surface area contributed by atoms with E-state index >= 15 is 0 Å². The number of benzene rings is 1. The van der Waals surface area contributed by atoms with Crippen LogP contribution in [0, 0.1) is 0 Å². The van der Waals surface area contributed by atoms with E-state index in [4.69, 9.17) is 0 Å². The van der Waals surface area contributed by atoms with Gasteiger partial charge in [0, 0.05) is 46.7 Å². The maximum absolute atomic E-state index is 11.6. The summed E-state index contributed by atoms with van der Waals surface area (Å²) in [7, 11) is 1.97. The molecule has 126 valence electrons. The molecule has 0 unspecified atom stereocenters. The molecule has 4 heteroatoms. The molecule has 2 heterocycles. The van der Waals surface area contributed by atoms with E-state index in [2.05, 4.69) is 52.3 Å². The molecule has 1 saturated heterocycles. The van der Waals surface area contributed by atoms with Crippen molar-refractivity contribution in [3.8, 4) is 0 Å². The highest BCUT2D eigenvalue weighted by Gasteiger charge is 2.19. The third kappa shape index (κ3) is 3.77. The van der Waals surface area contributed by atoms with E-state index < -0.39 is 0 Å². The molecule has 0 aliphatic carbocycles. The van der Waals surface area contributed by atoms with Gasteiger partial charge in [-0.25, -0.2) is 0 Å². The molecule has 1 aliphatic rings. The van der Waals surface area contributed by atoms with Gasteiger partial charge in [0.15, 0.2) is 5.78 Å². The Labute approximate surface area is 144 Å². The molecule has 0 amide bonds. The molecule has 0 N–H and O–H groups in total. The van der Waals surface area contributed by atoms with E-state index in [1.54, 1.807) is 6.92 Å². The number of ketones is 1. The topological polar surface area (TPSA) is 28.5 Å². The van der Waals surface area contributed by atoms with Crippen LogP contribution in [0.5, 0.6) is 0 Å². The van der Waals surface area contributed by atoms with Gasteiger partial charge < -0.3 is 9.47 Å². The first-order valence-corrected chi connectivity index (χ1v) is 8.50. The Morgan fingerprint density at radius 3 is 2.38 bits per heavy atom. The van der Waals surface area contributed by atoms with Gasteiger partial charge in [-0.2, -0.15) is 0 Å². The van der Waals surface area contributed by atoms with Gasteiger partial charge in [0.05, 0.1) is 5.69 Å². The van der Waals surface area contributed by atoms with Gasteiger partial charge in [0.2, 0.25) is 0 Å². The van der Waals surface area contributed by atoms with Crippen molar-refractivity contribution < 1.29 is 4.79 Å². The van der Waals surface area contributed by atoms with E-state index in [0.29, 0.717) is 0 Å². The fourth-order valence-electron chi connectivity index (χ4n) is 3.23. The first-order chi connectivity index (χ1) is 11.6. The summed E-state index contributed by atoms with van der Waals surface area (Å²) in [5, 5.41) is 0. The van der Waals surface area contributed by atoms with Crippen molar-refractivity contribution in [2.45, 2.75) is 6.92 Å². The molecule has 0 bridgehead atoms. The normalized spacial score (nSPS) is 16.0. The van der Waals surface area contributed by atoms with Crippen molar-refractivity contribution in [1.29, 1.82) is 0 Å². The summed E-state index contributed by atoms with van der Waals surface area (Å²) in [6.45, 7) is 6.67. The van der Waals surface area contributed by atoms with E-state index in [9.17, 15) is 4.79 Å². The van der Waals surface area contributed by atoms with E-state index in [0.717, 1.165) is 44.2 Å². The van der Waals surface area contributed by atoms with E-state index in [1.807, 2.05) is 23.7 Å². The number of carbonyl (C=O) groups is 1. The number of Topliss-reactive ketones (excluding diaryl/α,β-unsaturated/α-hetero) is 1. The van der Waals surface area contributed by atoms with Crippen LogP contribution in [0.25, 0.3) is 6.08 Å². The summed E-state index contributed by atoms with van der Waals surface area (Å²) in [5.74, 6) is 1.26. The molecule has 0 saturated carbocycles. The van der Waals surface area contributed by atoms with Gasteiger partial charge in [0.25, 0.3) is 0 Å². The minimum Gasteiger partial charge on any atom is -0.355 e. The molecule has 1 aromatic carbocycles. The van der Waals surface area contributed by atoms with Crippen molar-refractivity contribution in [2.24, 2.45) is 7.05 Å². The monoisotopic (exact) mass is 323 g/mol. The fourth-order valence-corrected chi connectivity index (χ4v) is 3.23. The Morgan fingerprint density at radius 1 is 1.04 bits per heavy atom. The van der Waals surface area contributed by atoms with Crippen LogP contribution in [0.2, 0.25) is 0 Å². The van der Waals surface area contributed by atoms with Gasteiger partial charge in [-0.1, -0.05) is 42.5 Å². The Bertz CT molecular complexity index is 710. The standard InChI is InChI=1S/C20H25N3O/c1-17(24)19-10-11-20(21(19)2)23-15-13-22(14-16-23)12-6-9-18-7-4-3-5-8-18/h3-11H,12-16H2,1-2H3/b9-6+. The fraction of sp³-hybridized carbons (Fsp3) is 0.350. The molecule has 1 aromatic heterocycles. The minimum atomic E-state index is 0.119. The van der Waals surface area contributed by atoms with Gasteiger partial charge in [-0.15, -0.1) is 0 Å². The van der Waals surface area contributed by atoms with Gasteiger partial charge in [0.1, 0.15) is 5.82 Å². The zero-order chi connectivity index (χ0) is 16.9. The first-order valence-electron chi connectivity index (χ1n) is 8.50. The van der Waals surface area contributed by atoms with Crippen molar-refractivity contribution in [1.82, 2.24) is 9.47 Å². The van der Waals surface area contributed by atoms with Crippen LogP contribution in [-0.2, 0) is 7.05 Å².